The predicted molar refractivity (Wildman–Crippen MR) is 297 cm³/mol. The summed E-state index contributed by atoms with van der Waals surface area (Å²) < 4.78 is 2.46. The van der Waals surface area contributed by atoms with Crippen LogP contribution in [0.1, 0.15) is 87.0 Å². The van der Waals surface area contributed by atoms with E-state index in [1.807, 2.05) is 0 Å². The lowest BCUT2D eigenvalue weighted by molar-refractivity contribution is 0.445. The Hall–Kier alpha value is -7.68. The number of para-hydroxylation sites is 4. The van der Waals surface area contributed by atoms with E-state index in [2.05, 4.69) is 255 Å². The first-order valence-electron chi connectivity index (χ1n) is 25.6. The molecule has 0 amide bonds. The van der Waals surface area contributed by atoms with Crippen molar-refractivity contribution in [2.24, 2.45) is 0 Å². The molecule has 3 aliphatic rings. The Balaban J connectivity index is 1.05. The molecule has 10 aromatic rings. The molecule has 0 aliphatic heterocycles. The first-order valence-corrected chi connectivity index (χ1v) is 25.6. The zero-order valence-corrected chi connectivity index (χ0v) is 40.4. The van der Waals surface area contributed by atoms with Crippen LogP contribution in [0.3, 0.4) is 0 Å². The van der Waals surface area contributed by atoms with Crippen LogP contribution in [0.5, 0.6) is 0 Å². The first kappa shape index (κ1) is 42.4. The van der Waals surface area contributed by atoms with Crippen molar-refractivity contribution >= 4 is 44.0 Å². The van der Waals surface area contributed by atoms with Gasteiger partial charge in [0.05, 0.1) is 16.6 Å². The van der Waals surface area contributed by atoms with Gasteiger partial charge in [0.1, 0.15) is 0 Å². The van der Waals surface area contributed by atoms with Crippen LogP contribution in [0.15, 0.2) is 224 Å². The summed E-state index contributed by atoms with van der Waals surface area (Å²) in [5, 5.41) is 5.23. The van der Waals surface area contributed by atoms with Gasteiger partial charge in [-0.05, 0) is 117 Å². The molecule has 0 spiro atoms. The molecule has 70 heavy (non-hydrogen) atoms. The van der Waals surface area contributed by atoms with Gasteiger partial charge in [-0.15, -0.1) is 0 Å². The Morgan fingerprint density at radius 1 is 0.514 bits per heavy atom. The van der Waals surface area contributed by atoms with Gasteiger partial charge < -0.3 is 9.47 Å². The van der Waals surface area contributed by atoms with Crippen molar-refractivity contribution < 1.29 is 0 Å². The molecular weight excluding hydrogens is 845 g/mol. The third-order valence-corrected chi connectivity index (χ3v) is 16.5. The predicted octanol–water partition coefficient (Wildman–Crippen LogP) is 18.4. The summed E-state index contributed by atoms with van der Waals surface area (Å²) in [4.78, 5) is 2.69. The van der Waals surface area contributed by atoms with Crippen LogP contribution >= 0.6 is 0 Å². The highest BCUT2D eigenvalue weighted by atomic mass is 15.2. The second-order valence-electron chi connectivity index (χ2n) is 20.8. The monoisotopic (exact) mass is 902 g/mol. The van der Waals surface area contributed by atoms with Crippen LogP contribution in [0.4, 0.5) is 11.4 Å². The van der Waals surface area contributed by atoms with E-state index in [0.717, 1.165) is 11.4 Å². The maximum absolute atomic E-state index is 2.69. The first-order chi connectivity index (χ1) is 34.4. The molecule has 1 saturated carbocycles. The van der Waals surface area contributed by atoms with Gasteiger partial charge >= 0.3 is 0 Å². The zero-order valence-electron chi connectivity index (χ0n) is 40.4. The van der Waals surface area contributed by atoms with Gasteiger partial charge in [0.2, 0.25) is 0 Å². The van der Waals surface area contributed by atoms with E-state index in [-0.39, 0.29) is 11.3 Å². The van der Waals surface area contributed by atoms with Gasteiger partial charge in [-0.3, -0.25) is 0 Å². The molecule has 1 heterocycles. The minimum Gasteiger partial charge on any atom is -0.331 e. The van der Waals surface area contributed by atoms with E-state index < -0.39 is 5.54 Å². The van der Waals surface area contributed by atoms with Crippen molar-refractivity contribution in [2.75, 3.05) is 4.90 Å². The number of allylic oxidation sites excluding steroid dienone is 2. The second kappa shape index (κ2) is 16.8. The molecule has 3 aliphatic carbocycles. The zero-order chi connectivity index (χ0) is 47.0. The fourth-order valence-electron chi connectivity index (χ4n) is 13.1. The van der Waals surface area contributed by atoms with Crippen molar-refractivity contribution in [1.29, 1.82) is 0 Å². The molecule has 0 saturated heterocycles. The topological polar surface area (TPSA) is 8.17 Å². The van der Waals surface area contributed by atoms with Crippen LogP contribution in [-0.4, -0.2) is 10.1 Å². The lowest BCUT2D eigenvalue weighted by Gasteiger charge is -2.47. The summed E-state index contributed by atoms with van der Waals surface area (Å²) in [5.74, 6) is 0.588. The van der Waals surface area contributed by atoms with Gasteiger partial charge in [-0.1, -0.05) is 221 Å². The van der Waals surface area contributed by atoms with Crippen molar-refractivity contribution in [3.05, 3.63) is 247 Å². The minimum atomic E-state index is -0.533. The highest BCUT2D eigenvalue weighted by molar-refractivity contribution is 6.14. The van der Waals surface area contributed by atoms with Crippen molar-refractivity contribution in [3.63, 3.8) is 0 Å². The number of fused-ring (bicyclic) bond motifs is 7. The van der Waals surface area contributed by atoms with Gasteiger partial charge in [-0.25, -0.2) is 0 Å². The fourth-order valence-corrected chi connectivity index (χ4v) is 13.1. The molecule has 0 radical (unpaired) electrons. The molecule has 2 atom stereocenters. The quantitative estimate of drug-likeness (QED) is 0.147. The maximum atomic E-state index is 2.69. The van der Waals surface area contributed by atoms with Gasteiger partial charge in [0.15, 0.2) is 0 Å². The summed E-state index contributed by atoms with van der Waals surface area (Å²) in [6.45, 7) is 7.27. The Morgan fingerprint density at radius 2 is 1.20 bits per heavy atom. The Bertz CT molecular complexity index is 3700. The summed E-state index contributed by atoms with van der Waals surface area (Å²) >= 11 is 0. The molecule has 9 aromatic carbocycles. The highest BCUT2D eigenvalue weighted by Crippen LogP contribution is 2.53. The van der Waals surface area contributed by atoms with E-state index in [9.17, 15) is 0 Å². The Labute approximate surface area is 412 Å². The van der Waals surface area contributed by atoms with Gasteiger partial charge in [-0.2, -0.15) is 0 Å². The van der Waals surface area contributed by atoms with Crippen molar-refractivity contribution in [2.45, 2.75) is 75.7 Å². The summed E-state index contributed by atoms with van der Waals surface area (Å²) in [5.41, 5.74) is 18.6. The largest absolute Gasteiger partial charge is 0.331 e. The molecule has 340 valence electrons. The average molecular weight is 903 g/mol. The van der Waals surface area contributed by atoms with Crippen LogP contribution in [0.25, 0.3) is 71.6 Å². The molecule has 1 fully saturated rings. The number of rotatable bonds is 8. The van der Waals surface area contributed by atoms with Crippen LogP contribution in [-0.2, 0) is 5.41 Å². The number of nitrogens with zero attached hydrogens (tertiary/aromatic N) is 2. The number of benzene rings is 9. The Kier molecular flexibility index (Phi) is 10.2. The number of hydrogen-bond acceptors (Lipinski definition) is 1. The van der Waals surface area contributed by atoms with Gasteiger partial charge in [0.25, 0.3) is 0 Å². The van der Waals surface area contributed by atoms with Crippen LogP contribution in [0, 0.1) is 0 Å². The number of anilines is 2. The highest BCUT2D eigenvalue weighted by Gasteiger charge is 2.43. The molecule has 0 bridgehead atoms. The van der Waals surface area contributed by atoms with Crippen LogP contribution < -0.4 is 4.90 Å². The summed E-state index contributed by atoms with van der Waals surface area (Å²) in [6, 6.07) is 75.6. The number of aromatic nitrogens is 1. The normalized spacial score (nSPS) is 18.4. The minimum absolute atomic E-state index is 0.0217. The van der Waals surface area contributed by atoms with E-state index in [4.69, 9.17) is 0 Å². The van der Waals surface area contributed by atoms with E-state index in [0.29, 0.717) is 5.92 Å². The van der Waals surface area contributed by atoms with E-state index >= 15 is 0 Å². The lowest BCUT2D eigenvalue weighted by atomic mass is 9.73. The molecule has 2 unspecified atom stereocenters. The van der Waals surface area contributed by atoms with Gasteiger partial charge in [0, 0.05) is 50.3 Å². The molecular formula is C68H58N2. The van der Waals surface area contributed by atoms with Crippen LogP contribution in [0.2, 0.25) is 0 Å². The number of hydrogen-bond donors (Lipinski definition) is 0. The third-order valence-electron chi connectivity index (χ3n) is 16.5. The maximum Gasteiger partial charge on any atom is 0.0711 e. The molecule has 13 rings (SSSR count). The molecule has 2 heteroatoms. The summed E-state index contributed by atoms with van der Waals surface area (Å²) in [6.07, 6.45) is 15.9. The van der Waals surface area contributed by atoms with Crippen molar-refractivity contribution in [1.82, 2.24) is 4.57 Å². The average Bonchev–Trinajstić information content (AvgIpc) is 3.87. The van der Waals surface area contributed by atoms with E-state index in [1.54, 1.807) is 0 Å². The molecule has 1 aromatic heterocycles. The smallest absolute Gasteiger partial charge is 0.0711 e. The lowest BCUT2D eigenvalue weighted by Crippen LogP contribution is -2.47. The Morgan fingerprint density at radius 3 is 2.07 bits per heavy atom. The van der Waals surface area contributed by atoms with Crippen molar-refractivity contribution in [3.8, 4) is 39.1 Å². The fraction of sp³-hybridized carbons (Fsp3) is 0.176. The third kappa shape index (κ3) is 6.68. The second-order valence-corrected chi connectivity index (χ2v) is 20.8. The van der Waals surface area contributed by atoms with E-state index in [1.165, 1.54) is 126 Å². The standard InChI is InChI=1S/C68H58N2/c1-67(2)61-38-13-10-30-54(61)55-42-41-49(45-62(55)67)60-37-16-17-43-68(60,3)70(64-40-15-12-31-56(64)58-35-20-25-47-24-19-33-52(65(47)58)46-22-6-4-7-23-46)51-29-18-26-48(44-51)53-34-21-36-59-57-32-11-14-39-63(57)69(66(53)59)50-27-8-5-9-28-50/h5,8-21,24-46,60H,4,6-7,22-23H2,1-3H3. The molecule has 2 nitrogen and oxygen atoms in total. The SMILES string of the molecule is CC1(C)c2ccccc2-c2ccc(C3C=CC=CC3(C)N(c3cccc(-c4cccc5c6ccccc6n(-c6ccccc6)c45)c3)c3ccccc3-c3cccc4cccc(C5CCCCC5)c34)cc21. The molecule has 0 N–H and O–H groups in total. The summed E-state index contributed by atoms with van der Waals surface area (Å²) in [7, 11) is 0.